The van der Waals surface area contributed by atoms with Crippen LogP contribution in [0.4, 0.5) is 14.5 Å². The summed E-state index contributed by atoms with van der Waals surface area (Å²) >= 11 is 0. The zero-order valence-electron chi connectivity index (χ0n) is 12.6. The van der Waals surface area contributed by atoms with Crippen molar-refractivity contribution in [2.45, 2.75) is 19.9 Å². The average Bonchev–Trinajstić information content (AvgIpc) is 2.45. The Morgan fingerprint density at radius 1 is 1.23 bits per heavy atom. The van der Waals surface area contributed by atoms with Gasteiger partial charge < -0.3 is 10.6 Å². The molecule has 3 nitrogen and oxygen atoms in total. The molecule has 22 heavy (non-hydrogen) atoms. The minimum Gasteiger partial charge on any atom is -0.332 e. The number of aryl methyl sites for hydroxylation is 1. The maximum atomic E-state index is 13.7. The second-order valence-corrected chi connectivity index (χ2v) is 5.31. The van der Waals surface area contributed by atoms with Crippen LogP contribution in [-0.2, 0) is 4.79 Å². The van der Waals surface area contributed by atoms with Gasteiger partial charge in [0.05, 0.1) is 0 Å². The van der Waals surface area contributed by atoms with Gasteiger partial charge in [-0.15, -0.1) is 0 Å². The molecule has 0 fully saturated rings. The zero-order valence-corrected chi connectivity index (χ0v) is 12.6. The molecule has 0 aliphatic carbocycles. The van der Waals surface area contributed by atoms with Crippen LogP contribution in [-0.4, -0.2) is 12.5 Å². The third-order valence-electron chi connectivity index (χ3n) is 3.41. The second kappa shape index (κ2) is 7.13. The van der Waals surface area contributed by atoms with Crippen molar-refractivity contribution in [3.05, 3.63) is 65.2 Å². The molecular weight excluding hydrogens is 286 g/mol. The minimum absolute atomic E-state index is 0.159. The summed E-state index contributed by atoms with van der Waals surface area (Å²) in [4.78, 5) is 11.9. The molecule has 0 saturated heterocycles. The van der Waals surface area contributed by atoms with Gasteiger partial charge in [-0.1, -0.05) is 12.1 Å². The van der Waals surface area contributed by atoms with Gasteiger partial charge in [0.2, 0.25) is 0 Å². The van der Waals surface area contributed by atoms with Crippen LogP contribution < -0.4 is 10.6 Å². The molecule has 0 heterocycles. The van der Waals surface area contributed by atoms with E-state index >= 15 is 0 Å². The molecule has 116 valence electrons. The molecule has 0 aromatic heterocycles. The quantitative estimate of drug-likeness (QED) is 0.876. The lowest BCUT2D eigenvalue weighted by molar-refractivity contribution is -0.682. The van der Waals surface area contributed by atoms with Gasteiger partial charge in [-0.25, -0.2) is 8.78 Å². The van der Waals surface area contributed by atoms with E-state index in [0.29, 0.717) is 5.56 Å². The summed E-state index contributed by atoms with van der Waals surface area (Å²) in [6, 6.07) is 10.7. The highest BCUT2D eigenvalue weighted by Gasteiger charge is 2.16. The van der Waals surface area contributed by atoms with Gasteiger partial charge in [-0.2, -0.15) is 0 Å². The van der Waals surface area contributed by atoms with E-state index in [9.17, 15) is 13.6 Å². The number of amides is 1. The number of nitrogens with two attached hydrogens (primary N) is 1. The zero-order chi connectivity index (χ0) is 16.1. The van der Waals surface area contributed by atoms with Gasteiger partial charge in [0.15, 0.2) is 6.54 Å². The molecule has 0 unspecified atom stereocenters. The Morgan fingerprint density at radius 3 is 2.68 bits per heavy atom. The van der Waals surface area contributed by atoms with E-state index in [-0.39, 0.29) is 18.5 Å². The van der Waals surface area contributed by atoms with Gasteiger partial charge in [0, 0.05) is 17.3 Å². The Kier molecular flexibility index (Phi) is 5.22. The molecular formula is C17H19F2N2O+. The Balaban J connectivity index is 1.90. The molecule has 1 atom stereocenters. The SMILES string of the molecule is Cc1cccc(NC(=O)C[NH2+][C@H](C)c2ccc(F)cc2F)c1. The van der Waals surface area contributed by atoms with E-state index in [2.05, 4.69) is 5.32 Å². The van der Waals surface area contributed by atoms with Gasteiger partial charge in [0.1, 0.15) is 17.7 Å². The van der Waals surface area contributed by atoms with Gasteiger partial charge >= 0.3 is 0 Å². The number of halogens is 2. The lowest BCUT2D eigenvalue weighted by atomic mass is 10.1. The van der Waals surface area contributed by atoms with Crippen molar-refractivity contribution in [2.24, 2.45) is 0 Å². The first-order chi connectivity index (χ1) is 10.5. The van der Waals surface area contributed by atoms with Crippen molar-refractivity contribution in [1.29, 1.82) is 0 Å². The predicted octanol–water partition coefficient (Wildman–Crippen LogP) is 2.54. The molecule has 1 amide bonds. The number of rotatable bonds is 5. The lowest BCUT2D eigenvalue weighted by Gasteiger charge is -2.12. The van der Waals surface area contributed by atoms with E-state index in [1.54, 1.807) is 12.2 Å². The molecule has 2 aromatic carbocycles. The molecule has 5 heteroatoms. The summed E-state index contributed by atoms with van der Waals surface area (Å²) in [5.41, 5.74) is 2.17. The standard InChI is InChI=1S/C17H18F2N2O/c1-11-4-3-5-14(8-11)21-17(22)10-20-12(2)15-7-6-13(18)9-16(15)19/h3-9,12,20H,10H2,1-2H3,(H,21,22)/p+1/t12-/m1/s1. The van der Waals surface area contributed by atoms with Crippen LogP contribution in [0, 0.1) is 18.6 Å². The maximum Gasteiger partial charge on any atom is 0.279 e. The van der Waals surface area contributed by atoms with E-state index < -0.39 is 11.6 Å². The highest BCUT2D eigenvalue weighted by Crippen LogP contribution is 2.14. The predicted molar refractivity (Wildman–Crippen MR) is 81.4 cm³/mol. The maximum absolute atomic E-state index is 13.7. The lowest BCUT2D eigenvalue weighted by Crippen LogP contribution is -2.86. The van der Waals surface area contributed by atoms with Gasteiger partial charge in [-0.3, -0.25) is 4.79 Å². The highest BCUT2D eigenvalue weighted by atomic mass is 19.1. The van der Waals surface area contributed by atoms with Crippen molar-refractivity contribution in [3.8, 4) is 0 Å². The van der Waals surface area contributed by atoms with Crippen LogP contribution in [0.3, 0.4) is 0 Å². The third-order valence-corrected chi connectivity index (χ3v) is 3.41. The van der Waals surface area contributed by atoms with Crippen LogP contribution in [0.2, 0.25) is 0 Å². The number of hydrogen-bond acceptors (Lipinski definition) is 1. The van der Waals surface area contributed by atoms with Crippen LogP contribution in [0.15, 0.2) is 42.5 Å². The van der Waals surface area contributed by atoms with Crippen LogP contribution >= 0.6 is 0 Å². The number of carbonyl (C=O) groups excluding carboxylic acids is 1. The fourth-order valence-corrected chi connectivity index (χ4v) is 2.22. The van der Waals surface area contributed by atoms with Gasteiger partial charge in [-0.05, 0) is 43.7 Å². The summed E-state index contributed by atoms with van der Waals surface area (Å²) < 4.78 is 26.5. The molecule has 2 aromatic rings. The first-order valence-corrected chi connectivity index (χ1v) is 7.10. The monoisotopic (exact) mass is 305 g/mol. The molecule has 0 bridgehead atoms. The number of hydrogen-bond donors (Lipinski definition) is 2. The summed E-state index contributed by atoms with van der Waals surface area (Å²) in [5.74, 6) is -1.37. The summed E-state index contributed by atoms with van der Waals surface area (Å²) in [6.45, 7) is 3.88. The summed E-state index contributed by atoms with van der Waals surface area (Å²) in [5, 5.41) is 4.50. The Hall–Kier alpha value is -2.27. The summed E-state index contributed by atoms with van der Waals surface area (Å²) in [7, 11) is 0. The number of benzene rings is 2. The van der Waals surface area contributed by atoms with E-state index in [0.717, 1.165) is 17.3 Å². The van der Waals surface area contributed by atoms with Crippen LogP contribution in [0.1, 0.15) is 24.1 Å². The molecule has 0 radical (unpaired) electrons. The molecule has 0 saturated carbocycles. The fourth-order valence-electron chi connectivity index (χ4n) is 2.22. The van der Waals surface area contributed by atoms with Crippen molar-refractivity contribution in [1.82, 2.24) is 0 Å². The van der Waals surface area contributed by atoms with Gasteiger partial charge in [0.25, 0.3) is 5.91 Å². The van der Waals surface area contributed by atoms with Crippen LogP contribution in [0.5, 0.6) is 0 Å². The molecule has 2 rings (SSSR count). The Labute approximate surface area is 128 Å². The largest absolute Gasteiger partial charge is 0.332 e. The molecule has 0 aliphatic heterocycles. The molecule has 3 N–H and O–H groups in total. The first-order valence-electron chi connectivity index (χ1n) is 7.10. The molecule has 0 aliphatic rings. The minimum atomic E-state index is -0.606. The number of carbonyl (C=O) groups is 1. The third kappa shape index (κ3) is 4.36. The van der Waals surface area contributed by atoms with Crippen molar-refractivity contribution in [3.63, 3.8) is 0 Å². The van der Waals surface area contributed by atoms with Crippen molar-refractivity contribution >= 4 is 11.6 Å². The van der Waals surface area contributed by atoms with Crippen molar-refractivity contribution in [2.75, 3.05) is 11.9 Å². The van der Waals surface area contributed by atoms with Crippen LogP contribution in [0.25, 0.3) is 0 Å². The molecule has 0 spiro atoms. The smallest absolute Gasteiger partial charge is 0.279 e. The second-order valence-electron chi connectivity index (χ2n) is 5.31. The normalized spacial score (nSPS) is 12.0. The summed E-state index contributed by atoms with van der Waals surface area (Å²) in [6.07, 6.45) is 0. The van der Waals surface area contributed by atoms with Crippen molar-refractivity contribution < 1.29 is 18.9 Å². The number of nitrogens with one attached hydrogen (secondary N) is 1. The highest BCUT2D eigenvalue weighted by molar-refractivity contribution is 5.91. The first kappa shape index (κ1) is 16.1. The number of quaternary nitrogens is 1. The van der Waals surface area contributed by atoms with E-state index in [1.807, 2.05) is 31.2 Å². The Morgan fingerprint density at radius 2 is 2.00 bits per heavy atom. The average molecular weight is 305 g/mol. The van der Waals surface area contributed by atoms with E-state index in [4.69, 9.17) is 0 Å². The number of anilines is 1. The topological polar surface area (TPSA) is 45.7 Å². The Bertz CT molecular complexity index is 673. The van der Waals surface area contributed by atoms with E-state index in [1.165, 1.54) is 12.1 Å². The fraction of sp³-hybridized carbons (Fsp3) is 0.235.